The van der Waals surface area contributed by atoms with Gasteiger partial charge in [-0.1, -0.05) is 224 Å². The van der Waals surface area contributed by atoms with Crippen LogP contribution in [0.3, 0.4) is 0 Å². The molecule has 1 aliphatic heterocycles. The average Bonchev–Trinajstić information content (AvgIpc) is 3.92. The maximum atomic E-state index is 2.52. The van der Waals surface area contributed by atoms with Crippen LogP contribution in [0.2, 0.25) is 0 Å². The smallest absolute Gasteiger partial charge is 0.0754 e. The third-order valence-corrected chi connectivity index (χ3v) is 14.8. The number of hydrogen-bond acceptors (Lipinski definition) is 1. The number of hydrogen-bond donors (Lipinski definition) is 0. The Kier molecular flexibility index (Phi) is 8.84. The molecule has 12 aromatic rings. The van der Waals surface area contributed by atoms with Crippen molar-refractivity contribution in [3.8, 4) is 61.3 Å². The van der Waals surface area contributed by atoms with Crippen LogP contribution in [0.5, 0.6) is 0 Å². The van der Waals surface area contributed by atoms with Crippen molar-refractivity contribution in [1.82, 2.24) is 4.57 Å². The maximum Gasteiger partial charge on any atom is 0.0754 e. The lowest BCUT2D eigenvalue weighted by Gasteiger charge is -2.39. The molecule has 2 nitrogen and oxygen atoms in total. The lowest BCUT2D eigenvalue weighted by atomic mass is 9.65. The van der Waals surface area contributed by atoms with E-state index in [1.165, 1.54) is 94.3 Å². The van der Waals surface area contributed by atoms with Gasteiger partial charge in [-0.25, -0.2) is 0 Å². The standard InChI is InChI=1S/C67H44N2/c1-3-20-45(21-4-1)46-38-41-49(42-39-46)68(63-35-16-11-28-55(63)52-26-8-7-24-50(52)47-22-5-2-6-23-47)62-34-15-10-25-51(62)48-40-43-54-53-27-9-13-31-58(53)67(61(54)44-48)59-32-14-18-37-65(59)69-64-36-17-12-29-56(64)57-30-19-33-60(67)66(57)69/h1-44H. The zero-order valence-corrected chi connectivity index (χ0v) is 37.8. The number of anilines is 3. The number of fused-ring (bicyclic) bond motifs is 12. The lowest BCUT2D eigenvalue weighted by molar-refractivity contribution is 0.749. The first-order chi connectivity index (χ1) is 34.3. The molecular weight excluding hydrogens is 833 g/mol. The van der Waals surface area contributed by atoms with E-state index in [-0.39, 0.29) is 0 Å². The summed E-state index contributed by atoms with van der Waals surface area (Å²) in [4.78, 5) is 2.48. The van der Waals surface area contributed by atoms with Crippen molar-refractivity contribution in [3.05, 3.63) is 289 Å². The summed E-state index contributed by atoms with van der Waals surface area (Å²) in [6, 6.07) is 98.6. The van der Waals surface area contributed by atoms with E-state index in [4.69, 9.17) is 0 Å². The monoisotopic (exact) mass is 876 g/mol. The Morgan fingerprint density at radius 1 is 0.290 bits per heavy atom. The highest BCUT2D eigenvalue weighted by atomic mass is 15.1. The molecule has 69 heavy (non-hydrogen) atoms. The Morgan fingerprint density at radius 2 is 0.812 bits per heavy atom. The van der Waals surface area contributed by atoms with Gasteiger partial charge in [0.05, 0.1) is 33.5 Å². The van der Waals surface area contributed by atoms with Crippen LogP contribution in [0.4, 0.5) is 17.1 Å². The van der Waals surface area contributed by atoms with E-state index < -0.39 is 5.41 Å². The minimum absolute atomic E-state index is 0.557. The molecule has 14 rings (SSSR count). The van der Waals surface area contributed by atoms with Crippen LogP contribution < -0.4 is 4.90 Å². The van der Waals surface area contributed by atoms with Crippen molar-refractivity contribution in [2.24, 2.45) is 0 Å². The zero-order chi connectivity index (χ0) is 45.5. The molecule has 1 aliphatic carbocycles. The van der Waals surface area contributed by atoms with Crippen molar-refractivity contribution < 1.29 is 0 Å². The highest BCUT2D eigenvalue weighted by Crippen LogP contribution is 2.62. The summed E-state index contributed by atoms with van der Waals surface area (Å²) in [6.07, 6.45) is 0. The van der Waals surface area contributed by atoms with Crippen molar-refractivity contribution in [2.45, 2.75) is 5.41 Å². The Morgan fingerprint density at radius 3 is 1.59 bits per heavy atom. The molecule has 0 saturated carbocycles. The van der Waals surface area contributed by atoms with Crippen molar-refractivity contribution >= 4 is 38.9 Å². The second-order valence-electron chi connectivity index (χ2n) is 18.3. The van der Waals surface area contributed by atoms with Crippen molar-refractivity contribution in [1.29, 1.82) is 0 Å². The van der Waals surface area contributed by atoms with Crippen LogP contribution >= 0.6 is 0 Å². The highest BCUT2D eigenvalue weighted by Gasteiger charge is 2.51. The fourth-order valence-corrected chi connectivity index (χ4v) is 12.0. The van der Waals surface area contributed by atoms with Crippen molar-refractivity contribution in [2.75, 3.05) is 4.90 Å². The first-order valence-electron chi connectivity index (χ1n) is 23.9. The molecule has 1 unspecified atom stereocenters. The van der Waals surface area contributed by atoms with Crippen LogP contribution in [0.1, 0.15) is 22.3 Å². The van der Waals surface area contributed by atoms with Gasteiger partial charge in [-0.3, -0.25) is 0 Å². The van der Waals surface area contributed by atoms with Crippen LogP contribution in [-0.2, 0) is 5.41 Å². The van der Waals surface area contributed by atoms with Crippen LogP contribution in [-0.4, -0.2) is 4.57 Å². The molecule has 0 N–H and O–H groups in total. The van der Waals surface area contributed by atoms with E-state index in [0.717, 1.165) is 28.2 Å². The molecule has 1 aromatic heterocycles. The second kappa shape index (κ2) is 15.6. The van der Waals surface area contributed by atoms with E-state index in [0.29, 0.717) is 0 Å². The largest absolute Gasteiger partial charge is 0.309 e. The summed E-state index contributed by atoms with van der Waals surface area (Å²) in [6.45, 7) is 0. The van der Waals surface area contributed by atoms with Gasteiger partial charge < -0.3 is 9.47 Å². The fraction of sp³-hybridized carbons (Fsp3) is 0.0149. The van der Waals surface area contributed by atoms with Gasteiger partial charge in [0.15, 0.2) is 0 Å². The van der Waals surface area contributed by atoms with E-state index >= 15 is 0 Å². The average molecular weight is 877 g/mol. The topological polar surface area (TPSA) is 8.17 Å². The number of para-hydroxylation sites is 5. The summed E-state index contributed by atoms with van der Waals surface area (Å²) in [5.41, 5.74) is 23.7. The molecule has 11 aromatic carbocycles. The Bertz CT molecular complexity index is 3960. The van der Waals surface area contributed by atoms with Gasteiger partial charge in [0.1, 0.15) is 0 Å². The first kappa shape index (κ1) is 39.2. The molecule has 0 amide bonds. The van der Waals surface area contributed by atoms with E-state index in [9.17, 15) is 0 Å². The second-order valence-corrected chi connectivity index (χ2v) is 18.3. The molecule has 2 heteroatoms. The van der Waals surface area contributed by atoms with Gasteiger partial charge in [-0.15, -0.1) is 0 Å². The Hall–Kier alpha value is -8.98. The first-order valence-corrected chi connectivity index (χ1v) is 23.9. The number of aromatic nitrogens is 1. The molecule has 322 valence electrons. The minimum atomic E-state index is -0.557. The predicted molar refractivity (Wildman–Crippen MR) is 288 cm³/mol. The fourth-order valence-electron chi connectivity index (χ4n) is 12.0. The molecule has 1 spiro atoms. The minimum Gasteiger partial charge on any atom is -0.309 e. The summed E-state index contributed by atoms with van der Waals surface area (Å²) in [7, 11) is 0. The normalized spacial score (nSPS) is 14.1. The van der Waals surface area contributed by atoms with Gasteiger partial charge in [-0.05, 0) is 109 Å². The van der Waals surface area contributed by atoms with Gasteiger partial charge in [0.25, 0.3) is 0 Å². The highest BCUT2D eigenvalue weighted by molar-refractivity contribution is 6.13. The van der Waals surface area contributed by atoms with Crippen LogP contribution in [0, 0.1) is 0 Å². The predicted octanol–water partition coefficient (Wildman–Crippen LogP) is 17.6. The van der Waals surface area contributed by atoms with Crippen molar-refractivity contribution in [3.63, 3.8) is 0 Å². The Labute approximate surface area is 402 Å². The van der Waals surface area contributed by atoms with E-state index in [2.05, 4.69) is 276 Å². The van der Waals surface area contributed by atoms with Gasteiger partial charge >= 0.3 is 0 Å². The molecule has 2 aliphatic rings. The maximum absolute atomic E-state index is 2.52. The Balaban J connectivity index is 1.02. The SMILES string of the molecule is c1ccc(-c2ccc(N(c3ccccc3-c3ccc4c(c3)C3(c5ccccc5-4)c4ccccc4-n4c5ccccc5c5cccc3c54)c3ccccc3-c3ccccc3-c3ccccc3)cc2)cc1. The molecule has 0 fully saturated rings. The third-order valence-electron chi connectivity index (χ3n) is 14.8. The molecule has 0 saturated heterocycles. The summed E-state index contributed by atoms with van der Waals surface area (Å²) in [5.74, 6) is 0. The molecular formula is C67H44N2. The van der Waals surface area contributed by atoms with E-state index in [1.54, 1.807) is 0 Å². The number of rotatable bonds is 7. The summed E-state index contributed by atoms with van der Waals surface area (Å²) in [5, 5.41) is 2.56. The van der Waals surface area contributed by atoms with E-state index in [1.807, 2.05) is 0 Å². The molecule has 1 atom stereocenters. The lowest BCUT2D eigenvalue weighted by Crippen LogP contribution is -2.33. The van der Waals surface area contributed by atoms with Crippen LogP contribution in [0.25, 0.3) is 83.1 Å². The van der Waals surface area contributed by atoms with Crippen LogP contribution in [0.15, 0.2) is 267 Å². The van der Waals surface area contributed by atoms with Gasteiger partial charge in [-0.2, -0.15) is 0 Å². The molecule has 0 bridgehead atoms. The summed E-state index contributed by atoms with van der Waals surface area (Å²) < 4.78 is 2.52. The zero-order valence-electron chi connectivity index (χ0n) is 37.8. The quantitative estimate of drug-likeness (QED) is 0.155. The number of nitrogens with zero attached hydrogens (tertiary/aromatic N) is 2. The third kappa shape index (κ3) is 5.79. The summed E-state index contributed by atoms with van der Waals surface area (Å²) >= 11 is 0. The van der Waals surface area contributed by atoms with Gasteiger partial charge in [0.2, 0.25) is 0 Å². The molecule has 2 heterocycles. The number of benzene rings is 11. The van der Waals surface area contributed by atoms with Gasteiger partial charge in [0, 0.05) is 27.6 Å². The molecule has 0 radical (unpaired) electrons.